The summed E-state index contributed by atoms with van der Waals surface area (Å²) in [5, 5.41) is 12.0. The van der Waals surface area contributed by atoms with Crippen LogP contribution in [0.3, 0.4) is 0 Å². The van der Waals surface area contributed by atoms with Gasteiger partial charge in [0.1, 0.15) is 11.5 Å². The molecule has 2 atom stereocenters. The number of hydrogen-bond acceptors (Lipinski definition) is 4. The SMILES string of the molecule is COc1cccc(OC)c1C(c1cccc2ccccc12)N1CCCC(C(=O)O)C1. The number of nitrogens with zero attached hydrogens (tertiary/aromatic N) is 1. The van der Waals surface area contributed by atoms with Crippen LogP contribution >= 0.6 is 0 Å². The van der Waals surface area contributed by atoms with Crippen molar-refractivity contribution in [3.8, 4) is 11.5 Å². The summed E-state index contributed by atoms with van der Waals surface area (Å²) in [6, 6.07) is 20.2. The molecule has 0 bridgehead atoms. The Bertz CT molecular complexity index is 1020. The van der Waals surface area contributed by atoms with Crippen molar-refractivity contribution in [2.75, 3.05) is 27.3 Å². The molecule has 1 N–H and O–H groups in total. The maximum atomic E-state index is 11.8. The summed E-state index contributed by atoms with van der Waals surface area (Å²) in [5.74, 6) is 0.370. The monoisotopic (exact) mass is 405 g/mol. The lowest BCUT2D eigenvalue weighted by Crippen LogP contribution is -2.41. The fourth-order valence-corrected chi connectivity index (χ4v) is 4.62. The molecule has 0 amide bonds. The molecule has 156 valence electrons. The minimum atomic E-state index is -0.733. The molecule has 0 saturated carbocycles. The van der Waals surface area contributed by atoms with Crippen molar-refractivity contribution in [1.82, 2.24) is 4.90 Å². The van der Waals surface area contributed by atoms with Crippen LogP contribution in [0.5, 0.6) is 11.5 Å². The highest BCUT2D eigenvalue weighted by Gasteiger charge is 2.34. The van der Waals surface area contributed by atoms with Crippen molar-refractivity contribution in [2.24, 2.45) is 5.92 Å². The largest absolute Gasteiger partial charge is 0.496 e. The molecule has 1 aliphatic rings. The van der Waals surface area contributed by atoms with Gasteiger partial charge in [-0.05, 0) is 47.9 Å². The van der Waals surface area contributed by atoms with E-state index in [-0.39, 0.29) is 12.0 Å². The summed E-state index contributed by atoms with van der Waals surface area (Å²) < 4.78 is 11.5. The molecule has 5 heteroatoms. The van der Waals surface area contributed by atoms with Crippen LogP contribution in [0.4, 0.5) is 0 Å². The van der Waals surface area contributed by atoms with Crippen molar-refractivity contribution >= 4 is 16.7 Å². The lowest BCUT2D eigenvalue weighted by Gasteiger charge is -2.38. The summed E-state index contributed by atoms with van der Waals surface area (Å²) in [6.45, 7) is 1.31. The lowest BCUT2D eigenvalue weighted by molar-refractivity contribution is -0.143. The van der Waals surface area contributed by atoms with Crippen LogP contribution in [-0.2, 0) is 4.79 Å². The minimum Gasteiger partial charge on any atom is -0.496 e. The molecular formula is C25H27NO4. The van der Waals surface area contributed by atoms with Gasteiger partial charge in [0.15, 0.2) is 0 Å². The minimum absolute atomic E-state index is 0.177. The molecule has 3 aromatic rings. The topological polar surface area (TPSA) is 59.0 Å². The number of carboxylic acids is 1. The molecule has 4 rings (SSSR count). The summed E-state index contributed by atoms with van der Waals surface area (Å²) in [6.07, 6.45) is 1.55. The van der Waals surface area contributed by atoms with Crippen LogP contribution in [0.15, 0.2) is 60.7 Å². The van der Waals surface area contributed by atoms with Crippen molar-refractivity contribution < 1.29 is 19.4 Å². The zero-order valence-electron chi connectivity index (χ0n) is 17.4. The lowest BCUT2D eigenvalue weighted by atomic mass is 9.88. The van der Waals surface area contributed by atoms with Crippen LogP contribution in [0.2, 0.25) is 0 Å². The predicted molar refractivity (Wildman–Crippen MR) is 117 cm³/mol. The van der Waals surface area contributed by atoms with Gasteiger partial charge in [-0.3, -0.25) is 9.69 Å². The van der Waals surface area contributed by atoms with E-state index in [2.05, 4.69) is 35.2 Å². The van der Waals surface area contributed by atoms with Crippen molar-refractivity contribution in [1.29, 1.82) is 0 Å². The highest BCUT2D eigenvalue weighted by molar-refractivity contribution is 5.86. The zero-order valence-corrected chi connectivity index (χ0v) is 17.4. The third kappa shape index (κ3) is 3.73. The Kier molecular flexibility index (Phi) is 5.91. The van der Waals surface area contributed by atoms with Gasteiger partial charge >= 0.3 is 5.97 Å². The summed E-state index contributed by atoms with van der Waals surface area (Å²) in [7, 11) is 3.32. The van der Waals surface area contributed by atoms with Crippen LogP contribution in [-0.4, -0.2) is 43.3 Å². The second kappa shape index (κ2) is 8.76. The molecule has 0 aliphatic carbocycles. The Labute approximate surface area is 176 Å². The van der Waals surface area contributed by atoms with E-state index in [1.807, 2.05) is 30.3 Å². The summed E-state index contributed by atoms with van der Waals surface area (Å²) >= 11 is 0. The molecule has 30 heavy (non-hydrogen) atoms. The molecule has 1 fully saturated rings. The van der Waals surface area contributed by atoms with Crippen LogP contribution in [0.1, 0.15) is 30.0 Å². The van der Waals surface area contributed by atoms with E-state index in [4.69, 9.17) is 9.47 Å². The standard InChI is InChI=1S/C25H27NO4/c1-29-21-13-6-14-22(30-2)23(21)24(26-15-7-10-18(16-26)25(27)28)20-12-5-9-17-8-3-4-11-19(17)20/h3-6,8-9,11-14,18,24H,7,10,15-16H2,1-2H3,(H,27,28). The van der Waals surface area contributed by atoms with Gasteiger partial charge in [-0.1, -0.05) is 48.5 Å². The van der Waals surface area contributed by atoms with E-state index in [9.17, 15) is 9.90 Å². The second-order valence-corrected chi connectivity index (χ2v) is 7.72. The molecule has 1 aliphatic heterocycles. The number of benzene rings is 3. The van der Waals surface area contributed by atoms with Crippen LogP contribution < -0.4 is 9.47 Å². The van der Waals surface area contributed by atoms with Gasteiger partial charge in [-0.2, -0.15) is 0 Å². The normalized spacial score (nSPS) is 18.1. The molecular weight excluding hydrogens is 378 g/mol. The Balaban J connectivity index is 1.94. The molecule has 1 saturated heterocycles. The van der Waals surface area contributed by atoms with Gasteiger partial charge in [-0.15, -0.1) is 0 Å². The molecule has 0 aromatic heterocycles. The molecule has 3 aromatic carbocycles. The fraction of sp³-hybridized carbons (Fsp3) is 0.320. The van der Waals surface area contributed by atoms with Gasteiger partial charge in [0.25, 0.3) is 0 Å². The van der Waals surface area contributed by atoms with Gasteiger partial charge in [-0.25, -0.2) is 0 Å². The molecule has 0 radical (unpaired) electrons. The molecule has 1 heterocycles. The van der Waals surface area contributed by atoms with Crippen molar-refractivity contribution in [2.45, 2.75) is 18.9 Å². The maximum Gasteiger partial charge on any atom is 0.307 e. The van der Waals surface area contributed by atoms with Gasteiger partial charge in [0.2, 0.25) is 0 Å². The van der Waals surface area contributed by atoms with E-state index in [0.29, 0.717) is 13.0 Å². The number of hydrogen-bond donors (Lipinski definition) is 1. The number of ether oxygens (including phenoxy) is 2. The van der Waals surface area contributed by atoms with E-state index < -0.39 is 5.97 Å². The number of methoxy groups -OCH3 is 2. The van der Waals surface area contributed by atoms with Crippen molar-refractivity contribution in [3.63, 3.8) is 0 Å². The number of piperidine rings is 1. The quantitative estimate of drug-likeness (QED) is 0.642. The Morgan fingerprint density at radius 1 is 1.00 bits per heavy atom. The Hall–Kier alpha value is -3.05. The number of fused-ring (bicyclic) bond motifs is 1. The smallest absolute Gasteiger partial charge is 0.307 e. The van der Waals surface area contributed by atoms with Crippen LogP contribution in [0.25, 0.3) is 10.8 Å². The first kappa shape index (κ1) is 20.2. The number of aliphatic carboxylic acids is 1. The summed E-state index contributed by atoms with van der Waals surface area (Å²) in [4.78, 5) is 14.0. The predicted octanol–water partition coefficient (Wildman–Crippen LogP) is 4.74. The fourth-order valence-electron chi connectivity index (χ4n) is 4.62. The van der Waals surface area contributed by atoms with Crippen molar-refractivity contribution in [3.05, 3.63) is 71.8 Å². The highest BCUT2D eigenvalue weighted by atomic mass is 16.5. The van der Waals surface area contributed by atoms with E-state index in [0.717, 1.165) is 46.4 Å². The number of carboxylic acid groups (broad SMARTS) is 1. The molecule has 0 spiro atoms. The Morgan fingerprint density at radius 3 is 2.37 bits per heavy atom. The highest BCUT2D eigenvalue weighted by Crippen LogP contribution is 2.44. The zero-order chi connectivity index (χ0) is 21.1. The Morgan fingerprint density at radius 2 is 1.67 bits per heavy atom. The second-order valence-electron chi connectivity index (χ2n) is 7.72. The molecule has 5 nitrogen and oxygen atoms in total. The molecule has 2 unspecified atom stereocenters. The summed E-state index contributed by atoms with van der Waals surface area (Å²) in [5.41, 5.74) is 2.06. The number of likely N-dealkylation sites (tertiary alicyclic amines) is 1. The van der Waals surface area contributed by atoms with E-state index in [1.165, 1.54) is 0 Å². The van der Waals surface area contributed by atoms with Gasteiger partial charge < -0.3 is 14.6 Å². The average molecular weight is 405 g/mol. The average Bonchev–Trinajstić information content (AvgIpc) is 2.79. The third-order valence-electron chi connectivity index (χ3n) is 6.02. The van der Waals surface area contributed by atoms with Gasteiger partial charge in [0, 0.05) is 6.54 Å². The van der Waals surface area contributed by atoms with Crippen LogP contribution in [0, 0.1) is 5.92 Å². The first-order chi connectivity index (χ1) is 14.6. The third-order valence-corrected chi connectivity index (χ3v) is 6.02. The maximum absolute atomic E-state index is 11.8. The first-order valence-electron chi connectivity index (χ1n) is 10.3. The number of carbonyl (C=O) groups is 1. The number of rotatable bonds is 6. The first-order valence-corrected chi connectivity index (χ1v) is 10.3. The van der Waals surface area contributed by atoms with Gasteiger partial charge in [0.05, 0.1) is 31.7 Å². The van der Waals surface area contributed by atoms with E-state index in [1.54, 1.807) is 14.2 Å². The van der Waals surface area contributed by atoms with E-state index >= 15 is 0 Å².